The van der Waals surface area contributed by atoms with Gasteiger partial charge in [-0.1, -0.05) is 32.0 Å². The lowest BCUT2D eigenvalue weighted by atomic mass is 9.74. The zero-order valence-electron chi connectivity index (χ0n) is 9.96. The number of hydrogen-bond acceptors (Lipinski definition) is 1. The van der Waals surface area contributed by atoms with Gasteiger partial charge in [-0.3, -0.25) is 0 Å². The van der Waals surface area contributed by atoms with Gasteiger partial charge in [0, 0.05) is 6.04 Å². The normalized spacial score (nSPS) is 25.4. The number of rotatable bonds is 2. The standard InChI is InChI=1S/C14H21N/c1-9(2)11-5-4-10(3)14(8-11)12-6-13(15)7-12/h4-5,8-9,12-13H,6-7,15H2,1-3H3. The predicted molar refractivity (Wildman–Crippen MR) is 65.2 cm³/mol. The molecule has 2 N–H and O–H groups in total. The summed E-state index contributed by atoms with van der Waals surface area (Å²) in [7, 11) is 0. The third-order valence-corrected chi connectivity index (χ3v) is 3.58. The molecular formula is C14H21N. The average molecular weight is 203 g/mol. The van der Waals surface area contributed by atoms with Gasteiger partial charge in [-0.25, -0.2) is 0 Å². The van der Waals surface area contributed by atoms with Crippen molar-refractivity contribution in [2.24, 2.45) is 5.73 Å². The first-order valence-corrected chi connectivity index (χ1v) is 5.94. The first kappa shape index (κ1) is 10.7. The maximum absolute atomic E-state index is 5.85. The van der Waals surface area contributed by atoms with Gasteiger partial charge in [0.1, 0.15) is 0 Å². The van der Waals surface area contributed by atoms with Gasteiger partial charge in [0.15, 0.2) is 0 Å². The van der Waals surface area contributed by atoms with Gasteiger partial charge < -0.3 is 5.73 Å². The quantitative estimate of drug-likeness (QED) is 0.784. The first-order chi connectivity index (χ1) is 7.08. The number of benzene rings is 1. The SMILES string of the molecule is Cc1ccc(C(C)C)cc1C1CC(N)C1. The molecular weight excluding hydrogens is 182 g/mol. The molecule has 1 aromatic carbocycles. The van der Waals surface area contributed by atoms with Crippen LogP contribution in [0.4, 0.5) is 0 Å². The van der Waals surface area contributed by atoms with Crippen LogP contribution in [0.5, 0.6) is 0 Å². The molecule has 2 rings (SSSR count). The Labute approximate surface area is 92.7 Å². The van der Waals surface area contributed by atoms with E-state index in [4.69, 9.17) is 5.73 Å². The van der Waals surface area contributed by atoms with Crippen molar-refractivity contribution in [2.45, 2.75) is 51.5 Å². The third-order valence-electron chi connectivity index (χ3n) is 3.58. The molecule has 1 heteroatoms. The maximum atomic E-state index is 5.85. The predicted octanol–water partition coefficient (Wildman–Crippen LogP) is 3.32. The molecule has 0 bridgehead atoms. The van der Waals surface area contributed by atoms with Crippen molar-refractivity contribution in [3.05, 3.63) is 34.9 Å². The summed E-state index contributed by atoms with van der Waals surface area (Å²) in [5.74, 6) is 1.34. The van der Waals surface area contributed by atoms with Crippen LogP contribution in [0.15, 0.2) is 18.2 Å². The van der Waals surface area contributed by atoms with E-state index < -0.39 is 0 Å². The molecule has 1 aliphatic carbocycles. The van der Waals surface area contributed by atoms with Gasteiger partial charge in [0.05, 0.1) is 0 Å². The number of hydrogen-bond donors (Lipinski definition) is 1. The minimum atomic E-state index is 0.442. The van der Waals surface area contributed by atoms with Crippen LogP contribution in [-0.4, -0.2) is 6.04 Å². The maximum Gasteiger partial charge on any atom is 0.00504 e. The molecule has 0 aromatic heterocycles. The lowest BCUT2D eigenvalue weighted by Gasteiger charge is -2.34. The fraction of sp³-hybridized carbons (Fsp3) is 0.571. The molecule has 0 heterocycles. The Morgan fingerprint density at radius 3 is 2.47 bits per heavy atom. The highest BCUT2D eigenvalue weighted by atomic mass is 14.7. The highest BCUT2D eigenvalue weighted by Gasteiger charge is 2.28. The lowest BCUT2D eigenvalue weighted by Crippen LogP contribution is -2.35. The van der Waals surface area contributed by atoms with Crippen molar-refractivity contribution >= 4 is 0 Å². The van der Waals surface area contributed by atoms with Gasteiger partial charge in [0.2, 0.25) is 0 Å². The molecule has 0 amide bonds. The Kier molecular flexibility index (Phi) is 2.83. The van der Waals surface area contributed by atoms with Crippen LogP contribution in [0, 0.1) is 6.92 Å². The van der Waals surface area contributed by atoms with Gasteiger partial charge in [-0.05, 0) is 48.3 Å². The van der Waals surface area contributed by atoms with Crippen molar-refractivity contribution < 1.29 is 0 Å². The Balaban J connectivity index is 2.25. The van der Waals surface area contributed by atoms with E-state index >= 15 is 0 Å². The van der Waals surface area contributed by atoms with Crippen LogP contribution in [-0.2, 0) is 0 Å². The van der Waals surface area contributed by atoms with Gasteiger partial charge >= 0.3 is 0 Å². The summed E-state index contributed by atoms with van der Waals surface area (Å²) < 4.78 is 0. The molecule has 1 saturated carbocycles. The van der Waals surface area contributed by atoms with E-state index in [1.807, 2.05) is 0 Å². The Morgan fingerprint density at radius 1 is 1.27 bits per heavy atom. The highest BCUT2D eigenvalue weighted by molar-refractivity contribution is 5.36. The van der Waals surface area contributed by atoms with E-state index in [1.54, 1.807) is 0 Å². The first-order valence-electron chi connectivity index (χ1n) is 5.94. The summed E-state index contributed by atoms with van der Waals surface area (Å²) in [5.41, 5.74) is 10.3. The molecule has 15 heavy (non-hydrogen) atoms. The Hall–Kier alpha value is -0.820. The highest BCUT2D eigenvalue weighted by Crippen LogP contribution is 2.38. The molecule has 0 atom stereocenters. The van der Waals surface area contributed by atoms with E-state index in [1.165, 1.54) is 29.5 Å². The molecule has 1 nitrogen and oxygen atoms in total. The molecule has 1 fully saturated rings. The molecule has 0 aliphatic heterocycles. The third kappa shape index (κ3) is 2.07. The number of nitrogens with two attached hydrogens (primary N) is 1. The van der Waals surface area contributed by atoms with Crippen molar-refractivity contribution in [1.29, 1.82) is 0 Å². The van der Waals surface area contributed by atoms with Crippen LogP contribution in [0.25, 0.3) is 0 Å². The van der Waals surface area contributed by atoms with E-state index in [2.05, 4.69) is 39.0 Å². The van der Waals surface area contributed by atoms with Crippen molar-refractivity contribution in [1.82, 2.24) is 0 Å². The fourth-order valence-electron chi connectivity index (χ4n) is 2.37. The van der Waals surface area contributed by atoms with Crippen LogP contribution in [0.3, 0.4) is 0 Å². The van der Waals surface area contributed by atoms with Crippen LogP contribution in [0.1, 0.15) is 55.2 Å². The second-order valence-electron chi connectivity index (χ2n) is 5.20. The fourth-order valence-corrected chi connectivity index (χ4v) is 2.37. The number of aryl methyl sites for hydroxylation is 1. The molecule has 0 radical (unpaired) electrons. The van der Waals surface area contributed by atoms with Crippen LogP contribution >= 0.6 is 0 Å². The lowest BCUT2D eigenvalue weighted by molar-refractivity contribution is 0.350. The van der Waals surface area contributed by atoms with Gasteiger partial charge in [-0.2, -0.15) is 0 Å². The van der Waals surface area contributed by atoms with Crippen LogP contribution in [0.2, 0.25) is 0 Å². The summed E-state index contributed by atoms with van der Waals surface area (Å²) in [6.45, 7) is 6.71. The van der Waals surface area contributed by atoms with Crippen molar-refractivity contribution in [2.75, 3.05) is 0 Å². The average Bonchev–Trinajstić information content (AvgIpc) is 2.14. The second-order valence-corrected chi connectivity index (χ2v) is 5.20. The topological polar surface area (TPSA) is 26.0 Å². The summed E-state index contributed by atoms with van der Waals surface area (Å²) in [5, 5.41) is 0. The zero-order valence-corrected chi connectivity index (χ0v) is 9.96. The molecule has 0 unspecified atom stereocenters. The van der Waals surface area contributed by atoms with E-state index in [0.717, 1.165) is 5.92 Å². The van der Waals surface area contributed by atoms with E-state index in [-0.39, 0.29) is 0 Å². The minimum Gasteiger partial charge on any atom is -0.328 e. The van der Waals surface area contributed by atoms with E-state index in [0.29, 0.717) is 12.0 Å². The molecule has 1 aliphatic rings. The van der Waals surface area contributed by atoms with E-state index in [9.17, 15) is 0 Å². The Morgan fingerprint density at radius 2 is 1.93 bits per heavy atom. The van der Waals surface area contributed by atoms with Crippen molar-refractivity contribution in [3.63, 3.8) is 0 Å². The van der Waals surface area contributed by atoms with Crippen molar-refractivity contribution in [3.8, 4) is 0 Å². The smallest absolute Gasteiger partial charge is 0.00504 e. The summed E-state index contributed by atoms with van der Waals surface area (Å²) >= 11 is 0. The summed E-state index contributed by atoms with van der Waals surface area (Å²) in [4.78, 5) is 0. The summed E-state index contributed by atoms with van der Waals surface area (Å²) in [6.07, 6.45) is 2.34. The van der Waals surface area contributed by atoms with Gasteiger partial charge in [-0.15, -0.1) is 0 Å². The monoisotopic (exact) mass is 203 g/mol. The molecule has 82 valence electrons. The van der Waals surface area contributed by atoms with Crippen LogP contribution < -0.4 is 5.73 Å². The largest absolute Gasteiger partial charge is 0.328 e. The molecule has 0 spiro atoms. The molecule has 1 aromatic rings. The van der Waals surface area contributed by atoms with Gasteiger partial charge in [0.25, 0.3) is 0 Å². The second kappa shape index (κ2) is 3.97. The zero-order chi connectivity index (χ0) is 11.0. The minimum absolute atomic E-state index is 0.442. The molecule has 0 saturated heterocycles. The summed E-state index contributed by atoms with van der Waals surface area (Å²) in [6, 6.07) is 7.34. The Bertz CT molecular complexity index is 348.